The van der Waals surface area contributed by atoms with Gasteiger partial charge in [0, 0.05) is 23.9 Å². The Kier molecular flexibility index (Phi) is 4.71. The van der Waals surface area contributed by atoms with E-state index in [0.29, 0.717) is 0 Å². The van der Waals surface area contributed by atoms with E-state index in [9.17, 15) is 19.2 Å². The van der Waals surface area contributed by atoms with E-state index in [1.807, 2.05) is 12.2 Å². The molecule has 6 nitrogen and oxygen atoms in total. The van der Waals surface area contributed by atoms with Crippen molar-refractivity contribution >= 4 is 23.6 Å². The number of nitrogens with zero attached hydrogens (tertiary/aromatic N) is 2. The van der Waals surface area contributed by atoms with Gasteiger partial charge >= 0.3 is 0 Å². The van der Waals surface area contributed by atoms with Gasteiger partial charge in [-0.25, -0.2) is 0 Å². The van der Waals surface area contributed by atoms with E-state index in [1.165, 1.54) is 9.80 Å². The molecule has 0 aromatic heterocycles. The van der Waals surface area contributed by atoms with Gasteiger partial charge in [0.15, 0.2) is 0 Å². The highest BCUT2D eigenvalue weighted by Crippen LogP contribution is 2.63. The fourth-order valence-electron chi connectivity index (χ4n) is 8.37. The van der Waals surface area contributed by atoms with Crippen LogP contribution in [-0.4, -0.2) is 46.5 Å². The lowest BCUT2D eigenvalue weighted by Gasteiger charge is -2.31. The van der Waals surface area contributed by atoms with Gasteiger partial charge in [0.25, 0.3) is 0 Å². The second-order valence-corrected chi connectivity index (χ2v) is 11.2. The van der Waals surface area contributed by atoms with E-state index in [-0.39, 0.29) is 83.1 Å². The third kappa shape index (κ3) is 2.63. The smallest absolute Gasteiger partial charge is 0.234 e. The quantitative estimate of drug-likeness (QED) is 0.391. The molecule has 0 N–H and O–H groups in total. The molecule has 2 heterocycles. The minimum absolute atomic E-state index is 0.101. The van der Waals surface area contributed by atoms with Gasteiger partial charge in [0.1, 0.15) is 0 Å². The molecule has 8 atom stereocenters. The van der Waals surface area contributed by atoms with Gasteiger partial charge in [-0.3, -0.25) is 29.0 Å². The van der Waals surface area contributed by atoms with Crippen LogP contribution in [0.5, 0.6) is 0 Å². The molecular weight excluding hydrogens is 428 g/mol. The molecule has 0 aromatic rings. The van der Waals surface area contributed by atoms with Crippen molar-refractivity contribution in [2.45, 2.75) is 38.5 Å². The minimum Gasteiger partial charge on any atom is -0.280 e. The zero-order valence-corrected chi connectivity index (χ0v) is 19.5. The summed E-state index contributed by atoms with van der Waals surface area (Å²) in [6.45, 7) is 7.84. The van der Waals surface area contributed by atoms with Crippen LogP contribution in [0.25, 0.3) is 0 Å². The third-order valence-corrected chi connectivity index (χ3v) is 9.80. The van der Waals surface area contributed by atoms with Crippen molar-refractivity contribution in [3.05, 3.63) is 49.6 Å². The molecule has 4 bridgehead atoms. The molecule has 0 aromatic carbocycles. The molecule has 4 aliphatic carbocycles. The van der Waals surface area contributed by atoms with Gasteiger partial charge in [-0.15, -0.1) is 13.2 Å². The summed E-state index contributed by atoms with van der Waals surface area (Å²) in [5.41, 5.74) is -0.520. The first-order chi connectivity index (χ1) is 16.4. The average Bonchev–Trinajstić information content (AvgIpc) is 3.64. The fourth-order valence-corrected chi connectivity index (χ4v) is 8.37. The minimum atomic E-state index is -0.318. The second kappa shape index (κ2) is 7.37. The highest BCUT2D eigenvalue weighted by Gasteiger charge is 2.67. The van der Waals surface area contributed by atoms with Crippen molar-refractivity contribution in [2.24, 2.45) is 46.3 Å². The summed E-state index contributed by atoms with van der Waals surface area (Å²) in [4.78, 5) is 56.1. The lowest BCUT2D eigenvalue weighted by molar-refractivity contribution is -0.146. The van der Waals surface area contributed by atoms with Gasteiger partial charge < -0.3 is 0 Å². The van der Waals surface area contributed by atoms with E-state index < -0.39 is 0 Å². The number of carbonyl (C=O) groups excluding carboxylic acids is 4. The van der Waals surface area contributed by atoms with Crippen LogP contribution in [0.15, 0.2) is 49.6 Å². The van der Waals surface area contributed by atoms with Gasteiger partial charge in [-0.2, -0.15) is 0 Å². The topological polar surface area (TPSA) is 74.8 Å². The number of hydrogen-bond donors (Lipinski definition) is 0. The largest absolute Gasteiger partial charge is 0.280 e. The number of allylic oxidation sites excluding steroid dienone is 6. The first-order valence-electron chi connectivity index (χ1n) is 12.7. The molecule has 0 radical (unpaired) electrons. The van der Waals surface area contributed by atoms with Crippen molar-refractivity contribution in [3.63, 3.8) is 0 Å². The van der Waals surface area contributed by atoms with Crippen LogP contribution >= 0.6 is 0 Å². The monoisotopic (exact) mass is 460 g/mol. The summed E-state index contributed by atoms with van der Waals surface area (Å²) in [6.07, 6.45) is 17.2. The Morgan fingerprint density at radius 1 is 0.735 bits per heavy atom. The Morgan fingerprint density at radius 2 is 1.15 bits per heavy atom. The Bertz CT molecular complexity index is 990. The molecule has 6 rings (SSSR count). The van der Waals surface area contributed by atoms with Crippen LogP contribution in [0.4, 0.5) is 0 Å². The number of fused-ring (bicyclic) bond motifs is 10. The summed E-state index contributed by atoms with van der Waals surface area (Å²) < 4.78 is 0. The highest BCUT2D eigenvalue weighted by atomic mass is 16.2. The van der Waals surface area contributed by atoms with Crippen LogP contribution in [0.1, 0.15) is 38.5 Å². The van der Waals surface area contributed by atoms with Crippen LogP contribution < -0.4 is 0 Å². The van der Waals surface area contributed by atoms with Crippen molar-refractivity contribution in [3.8, 4) is 0 Å². The fraction of sp³-hybridized carbons (Fsp3) is 0.571. The Balaban J connectivity index is 1.18. The molecule has 6 aliphatic rings. The van der Waals surface area contributed by atoms with Crippen molar-refractivity contribution in [1.29, 1.82) is 0 Å². The summed E-state index contributed by atoms with van der Waals surface area (Å²) in [7, 11) is 0. The molecule has 0 spiro atoms. The highest BCUT2D eigenvalue weighted by molar-refractivity contribution is 6.08. The molecule has 2 saturated carbocycles. The second-order valence-electron chi connectivity index (χ2n) is 11.2. The van der Waals surface area contributed by atoms with E-state index in [1.54, 1.807) is 0 Å². The molecule has 8 unspecified atom stereocenters. The maximum atomic E-state index is 13.4. The maximum Gasteiger partial charge on any atom is 0.234 e. The zero-order chi connectivity index (χ0) is 23.8. The molecule has 4 fully saturated rings. The molecule has 178 valence electrons. The SMILES string of the molecule is C=CCCC12C=CC(C1)C1C(=O)N(CCN3C(=O)C4C5C=CC(CCC=C)(C5)C4C3=O)C(=O)C12. The summed E-state index contributed by atoms with van der Waals surface area (Å²) in [6, 6.07) is 0. The number of amides is 4. The summed E-state index contributed by atoms with van der Waals surface area (Å²) in [5.74, 6) is -1.54. The number of hydrogen-bond acceptors (Lipinski definition) is 4. The standard InChI is InChI=1S/C28H32N2O4/c1-3-5-9-27-11-7-17(15-27)19-21(27)25(33)29(23(19)31)13-14-30-24(32)20-18-8-12-28(16-18,10-6-4-2)22(20)26(30)34/h3-4,7-8,11-12,17-22H,1-2,5-6,9-10,13-16H2. The van der Waals surface area contributed by atoms with Gasteiger partial charge in [-0.05, 0) is 50.4 Å². The first kappa shape index (κ1) is 21.8. The zero-order valence-electron chi connectivity index (χ0n) is 19.5. The number of rotatable bonds is 9. The van der Waals surface area contributed by atoms with Crippen LogP contribution in [0, 0.1) is 46.3 Å². The van der Waals surface area contributed by atoms with Crippen LogP contribution in [0.3, 0.4) is 0 Å². The lowest BCUT2D eigenvalue weighted by Crippen LogP contribution is -2.43. The summed E-state index contributed by atoms with van der Waals surface area (Å²) in [5, 5.41) is 0. The van der Waals surface area contributed by atoms with Gasteiger partial charge in [0.2, 0.25) is 23.6 Å². The third-order valence-electron chi connectivity index (χ3n) is 9.80. The normalized spacial score (nSPS) is 42.9. The predicted molar refractivity (Wildman–Crippen MR) is 126 cm³/mol. The lowest BCUT2D eigenvalue weighted by atomic mass is 9.72. The Hall–Kier alpha value is -2.76. The Morgan fingerprint density at radius 3 is 1.53 bits per heavy atom. The molecule has 6 heteroatoms. The molecule has 2 saturated heterocycles. The first-order valence-corrected chi connectivity index (χ1v) is 12.7. The Labute approximate surface area is 200 Å². The molecule has 2 aliphatic heterocycles. The number of likely N-dealkylation sites (tertiary alicyclic amines) is 2. The van der Waals surface area contributed by atoms with Gasteiger partial charge in [0.05, 0.1) is 23.7 Å². The van der Waals surface area contributed by atoms with Crippen molar-refractivity contribution in [1.82, 2.24) is 9.80 Å². The molecule has 4 amide bonds. The predicted octanol–water partition coefficient (Wildman–Crippen LogP) is 3.27. The van der Waals surface area contributed by atoms with Crippen LogP contribution in [0.2, 0.25) is 0 Å². The summed E-state index contributed by atoms with van der Waals surface area (Å²) >= 11 is 0. The van der Waals surface area contributed by atoms with E-state index in [4.69, 9.17) is 0 Å². The van der Waals surface area contributed by atoms with Crippen LogP contribution in [-0.2, 0) is 19.2 Å². The van der Waals surface area contributed by atoms with Crippen molar-refractivity contribution in [2.75, 3.05) is 13.1 Å². The maximum absolute atomic E-state index is 13.4. The number of carbonyl (C=O) groups is 4. The van der Waals surface area contributed by atoms with E-state index >= 15 is 0 Å². The van der Waals surface area contributed by atoms with E-state index in [2.05, 4.69) is 37.5 Å². The average molecular weight is 461 g/mol. The van der Waals surface area contributed by atoms with E-state index in [0.717, 1.165) is 38.5 Å². The van der Waals surface area contributed by atoms with Gasteiger partial charge in [-0.1, -0.05) is 36.5 Å². The molecular formula is C28H32N2O4. The number of imide groups is 2. The molecule has 34 heavy (non-hydrogen) atoms. The van der Waals surface area contributed by atoms with Crippen molar-refractivity contribution < 1.29 is 19.2 Å².